The Hall–Kier alpha value is -1.93. The molecule has 1 atom stereocenters. The molecule has 0 aromatic heterocycles. The molecule has 6 heteroatoms. The first kappa shape index (κ1) is 16.4. The van der Waals surface area contributed by atoms with Gasteiger partial charge in [0.1, 0.15) is 5.82 Å². The number of benzene rings is 2. The van der Waals surface area contributed by atoms with E-state index in [2.05, 4.69) is 22.6 Å². The molecule has 0 heterocycles. The molecule has 2 aromatic rings. The Morgan fingerprint density at radius 2 is 1.95 bits per heavy atom. The lowest BCUT2D eigenvalue weighted by Crippen LogP contribution is -2.24. The maximum Gasteiger partial charge on any atom is 0.335 e. The smallest absolute Gasteiger partial charge is 0.335 e. The number of hydrogen-bond donors (Lipinski definition) is 2. The summed E-state index contributed by atoms with van der Waals surface area (Å²) in [5.74, 6) is 4.63. The van der Waals surface area contributed by atoms with Crippen LogP contribution >= 0.6 is 22.6 Å². The molecule has 0 fully saturated rings. The molecule has 0 aliphatic heterocycles. The molecule has 2 rings (SSSR count). The highest BCUT2D eigenvalue weighted by molar-refractivity contribution is 14.1. The highest BCUT2D eigenvalue weighted by Gasteiger charge is 2.07. The van der Waals surface area contributed by atoms with Crippen LogP contribution in [0.3, 0.4) is 0 Å². The number of allylic oxidation sites excluding steroid dienone is 1. The molecule has 0 amide bonds. The maximum absolute atomic E-state index is 12.9. The van der Waals surface area contributed by atoms with Crippen LogP contribution in [-0.2, 0) is 0 Å². The van der Waals surface area contributed by atoms with Gasteiger partial charge < -0.3 is 5.11 Å². The Labute approximate surface area is 141 Å². The van der Waals surface area contributed by atoms with Gasteiger partial charge in [0.05, 0.1) is 15.2 Å². The van der Waals surface area contributed by atoms with Gasteiger partial charge in [0.15, 0.2) is 0 Å². The van der Waals surface area contributed by atoms with Gasteiger partial charge in [-0.25, -0.2) is 15.0 Å². The van der Waals surface area contributed by atoms with Crippen molar-refractivity contribution >= 4 is 34.2 Å². The maximum atomic E-state index is 12.9. The number of carbonyl (C=O) groups is 1. The normalized spacial score (nSPS) is 12.3. The molecule has 2 aromatic carbocycles. The van der Waals surface area contributed by atoms with E-state index < -0.39 is 5.97 Å². The Morgan fingerprint density at radius 3 is 2.59 bits per heavy atom. The highest BCUT2D eigenvalue weighted by atomic mass is 127. The second kappa shape index (κ2) is 7.37. The second-order valence-electron chi connectivity index (χ2n) is 4.56. The lowest BCUT2D eigenvalue weighted by atomic mass is 10.1. The number of hydrazine groups is 1. The lowest BCUT2D eigenvalue weighted by Gasteiger charge is -2.15. The Kier molecular flexibility index (Phi) is 5.51. The van der Waals surface area contributed by atoms with Crippen molar-refractivity contribution in [3.63, 3.8) is 0 Å². The van der Waals surface area contributed by atoms with Crippen molar-refractivity contribution in [2.24, 2.45) is 5.84 Å². The average Bonchev–Trinajstić information content (AvgIpc) is 2.53. The van der Waals surface area contributed by atoms with Gasteiger partial charge in [-0.05, 0) is 42.0 Å². The standard InChI is InChI=1S/C16H14FIN2O2/c17-13-6-4-11(5-7-13)15(18)8-9-20(19)14-3-1-2-12(10-14)16(21)22/h1-10,15H,19H2,(H,21,22)/b9-8-. The largest absolute Gasteiger partial charge is 0.478 e. The predicted octanol–water partition coefficient (Wildman–Crippen LogP) is 3.89. The third kappa shape index (κ3) is 4.28. The van der Waals surface area contributed by atoms with Crippen molar-refractivity contribution in [3.8, 4) is 0 Å². The van der Waals surface area contributed by atoms with E-state index in [-0.39, 0.29) is 15.3 Å². The van der Waals surface area contributed by atoms with Crippen molar-refractivity contribution < 1.29 is 14.3 Å². The summed E-state index contributed by atoms with van der Waals surface area (Å²) in [4.78, 5) is 10.9. The van der Waals surface area contributed by atoms with Crippen LogP contribution in [0.15, 0.2) is 60.8 Å². The summed E-state index contributed by atoms with van der Waals surface area (Å²) >= 11 is 2.20. The summed E-state index contributed by atoms with van der Waals surface area (Å²) < 4.78 is 12.9. The molecule has 0 saturated carbocycles. The van der Waals surface area contributed by atoms with Crippen molar-refractivity contribution in [1.82, 2.24) is 0 Å². The average molecular weight is 412 g/mol. The first-order chi connectivity index (χ1) is 10.5. The quantitative estimate of drug-likeness (QED) is 0.339. The molecule has 114 valence electrons. The van der Waals surface area contributed by atoms with Crippen LogP contribution in [0.25, 0.3) is 0 Å². The number of nitrogens with zero attached hydrogens (tertiary/aromatic N) is 1. The zero-order valence-corrected chi connectivity index (χ0v) is 13.6. The molecule has 0 radical (unpaired) electrons. The number of nitrogens with two attached hydrogens (primary N) is 1. The number of alkyl halides is 1. The van der Waals surface area contributed by atoms with Gasteiger partial charge in [-0.3, -0.25) is 5.01 Å². The lowest BCUT2D eigenvalue weighted by molar-refractivity contribution is 0.0697. The number of hydrogen-bond acceptors (Lipinski definition) is 3. The van der Waals surface area contributed by atoms with E-state index in [0.29, 0.717) is 5.69 Å². The minimum absolute atomic E-state index is 0.0203. The van der Waals surface area contributed by atoms with E-state index in [1.807, 2.05) is 6.08 Å². The number of carboxylic acid groups (broad SMARTS) is 1. The number of carboxylic acids is 1. The number of anilines is 1. The van der Waals surface area contributed by atoms with E-state index in [1.54, 1.807) is 30.5 Å². The molecule has 0 aliphatic carbocycles. The van der Waals surface area contributed by atoms with Crippen molar-refractivity contribution in [2.45, 2.75) is 3.92 Å². The van der Waals surface area contributed by atoms with Crippen LogP contribution in [0.1, 0.15) is 19.8 Å². The van der Waals surface area contributed by atoms with Gasteiger partial charge in [-0.1, -0.05) is 40.8 Å². The van der Waals surface area contributed by atoms with Gasteiger partial charge in [-0.2, -0.15) is 0 Å². The van der Waals surface area contributed by atoms with Crippen LogP contribution in [0.2, 0.25) is 0 Å². The summed E-state index contributed by atoms with van der Waals surface area (Å²) in [5.41, 5.74) is 1.69. The number of rotatable bonds is 5. The topological polar surface area (TPSA) is 66.6 Å². The monoisotopic (exact) mass is 412 g/mol. The molecule has 0 aliphatic rings. The van der Waals surface area contributed by atoms with E-state index in [1.165, 1.54) is 29.3 Å². The first-order valence-corrected chi connectivity index (χ1v) is 7.67. The third-order valence-corrected chi connectivity index (χ3v) is 4.13. The van der Waals surface area contributed by atoms with E-state index in [4.69, 9.17) is 10.9 Å². The minimum atomic E-state index is -1.00. The summed E-state index contributed by atoms with van der Waals surface area (Å²) in [7, 11) is 0. The third-order valence-electron chi connectivity index (χ3n) is 3.00. The predicted molar refractivity (Wildman–Crippen MR) is 92.4 cm³/mol. The Balaban J connectivity index is 2.10. The van der Waals surface area contributed by atoms with Gasteiger partial charge in [0, 0.05) is 6.20 Å². The fourth-order valence-electron chi connectivity index (χ4n) is 1.81. The summed E-state index contributed by atoms with van der Waals surface area (Å²) in [5, 5.41) is 10.3. The summed E-state index contributed by atoms with van der Waals surface area (Å²) in [6.07, 6.45) is 3.50. The van der Waals surface area contributed by atoms with Gasteiger partial charge in [0.2, 0.25) is 0 Å². The molecule has 0 bridgehead atoms. The molecule has 0 saturated heterocycles. The van der Waals surface area contributed by atoms with Crippen LogP contribution in [0, 0.1) is 5.82 Å². The Bertz CT molecular complexity index is 689. The van der Waals surface area contributed by atoms with Crippen molar-refractivity contribution in [2.75, 3.05) is 5.01 Å². The zero-order chi connectivity index (χ0) is 16.1. The first-order valence-electron chi connectivity index (χ1n) is 6.42. The van der Waals surface area contributed by atoms with Gasteiger partial charge >= 0.3 is 5.97 Å². The van der Waals surface area contributed by atoms with Crippen LogP contribution in [0.4, 0.5) is 10.1 Å². The zero-order valence-electron chi connectivity index (χ0n) is 11.5. The molecular formula is C16H14FIN2O2. The van der Waals surface area contributed by atoms with Gasteiger partial charge in [-0.15, -0.1) is 0 Å². The van der Waals surface area contributed by atoms with Crippen molar-refractivity contribution in [1.29, 1.82) is 0 Å². The molecule has 22 heavy (non-hydrogen) atoms. The molecular weight excluding hydrogens is 398 g/mol. The fraction of sp³-hybridized carbons (Fsp3) is 0.0625. The van der Waals surface area contributed by atoms with E-state index in [0.717, 1.165) is 5.56 Å². The van der Waals surface area contributed by atoms with E-state index in [9.17, 15) is 9.18 Å². The number of halogens is 2. The molecule has 3 N–H and O–H groups in total. The fourth-order valence-corrected chi connectivity index (χ4v) is 2.41. The SMILES string of the molecule is NN(/C=C\C(I)c1ccc(F)cc1)c1cccc(C(=O)O)c1. The molecule has 1 unspecified atom stereocenters. The molecule has 4 nitrogen and oxygen atoms in total. The summed E-state index contributed by atoms with van der Waals surface area (Å²) in [6.45, 7) is 0. The highest BCUT2D eigenvalue weighted by Crippen LogP contribution is 2.25. The summed E-state index contributed by atoms with van der Waals surface area (Å²) in [6, 6.07) is 12.6. The van der Waals surface area contributed by atoms with Gasteiger partial charge in [0.25, 0.3) is 0 Å². The van der Waals surface area contributed by atoms with Crippen LogP contribution in [-0.4, -0.2) is 11.1 Å². The van der Waals surface area contributed by atoms with E-state index >= 15 is 0 Å². The minimum Gasteiger partial charge on any atom is -0.478 e. The molecule has 0 spiro atoms. The van der Waals surface area contributed by atoms with Crippen molar-refractivity contribution in [3.05, 3.63) is 77.8 Å². The number of aromatic carboxylic acids is 1. The van der Waals surface area contributed by atoms with Crippen LogP contribution < -0.4 is 10.9 Å². The Morgan fingerprint density at radius 1 is 1.27 bits per heavy atom. The second-order valence-corrected chi connectivity index (χ2v) is 5.90. The van der Waals surface area contributed by atoms with Crippen LogP contribution in [0.5, 0.6) is 0 Å².